The summed E-state index contributed by atoms with van der Waals surface area (Å²) in [6.45, 7) is 3.87. The monoisotopic (exact) mass is 645 g/mol. The van der Waals surface area contributed by atoms with Crippen molar-refractivity contribution in [2.24, 2.45) is 5.92 Å². The van der Waals surface area contributed by atoms with Crippen molar-refractivity contribution in [1.82, 2.24) is 25.1 Å². The quantitative estimate of drug-likeness (QED) is 0.131. The molecular weight excluding hydrogens is 609 g/mol. The third-order valence-corrected chi connectivity index (χ3v) is 6.74. The summed E-state index contributed by atoms with van der Waals surface area (Å²) in [6.07, 6.45) is -1.09. The lowest BCUT2D eigenvalue weighted by Gasteiger charge is -2.22. The van der Waals surface area contributed by atoms with E-state index in [0.717, 1.165) is 0 Å². The predicted octanol–water partition coefficient (Wildman–Crippen LogP) is 3.54. The Hall–Kier alpha value is -4.59. The van der Waals surface area contributed by atoms with E-state index in [2.05, 4.69) is 19.8 Å². The number of hydrogen-bond acceptors (Lipinski definition) is 10. The first-order valence-electron chi connectivity index (χ1n) is 14.0. The van der Waals surface area contributed by atoms with Gasteiger partial charge in [-0.2, -0.15) is 0 Å². The van der Waals surface area contributed by atoms with Crippen molar-refractivity contribution in [3.63, 3.8) is 0 Å². The van der Waals surface area contributed by atoms with Crippen LogP contribution in [-0.4, -0.2) is 87.2 Å². The van der Waals surface area contributed by atoms with Crippen molar-refractivity contribution in [2.75, 3.05) is 33.7 Å². The number of benzene rings is 2. The Kier molecular flexibility index (Phi) is 12.4. The van der Waals surface area contributed by atoms with Crippen molar-refractivity contribution in [2.45, 2.75) is 33.3 Å². The highest BCUT2D eigenvalue weighted by molar-refractivity contribution is 7.46. The minimum Gasteiger partial charge on any atom is -0.445 e. The molecule has 1 aromatic heterocycles. The molecule has 15 nitrogen and oxygen atoms in total. The van der Waals surface area contributed by atoms with Crippen LogP contribution in [0.2, 0.25) is 0 Å². The summed E-state index contributed by atoms with van der Waals surface area (Å²) in [6, 6.07) is 12.5. The molecule has 0 spiro atoms. The third-order valence-electron chi connectivity index (χ3n) is 6.30. The number of para-hydroxylation sites is 2. The largest absolute Gasteiger partial charge is 0.524 e. The molecule has 0 saturated carbocycles. The van der Waals surface area contributed by atoms with Crippen LogP contribution in [-0.2, 0) is 20.7 Å². The van der Waals surface area contributed by atoms with Gasteiger partial charge in [0.1, 0.15) is 12.4 Å². The maximum absolute atomic E-state index is 13.0. The molecule has 0 bridgehead atoms. The zero-order valence-corrected chi connectivity index (χ0v) is 26.2. The SMILES string of the molecule is CC(C)C(=O)NCCCC(=O)c1nc2ccccc2nc1OC(=O)N(C)CCN(C)C(=O)OCc1ccc(OP(=O)(O)O)cc1. The summed E-state index contributed by atoms with van der Waals surface area (Å²) >= 11 is 0. The molecule has 1 heterocycles. The van der Waals surface area contributed by atoms with Crippen LogP contribution in [0.4, 0.5) is 9.59 Å². The van der Waals surface area contributed by atoms with E-state index in [9.17, 15) is 23.7 Å². The Morgan fingerprint density at radius 1 is 0.911 bits per heavy atom. The zero-order chi connectivity index (χ0) is 33.1. The lowest BCUT2D eigenvalue weighted by molar-refractivity contribution is -0.123. The van der Waals surface area contributed by atoms with E-state index in [-0.39, 0.29) is 55.3 Å². The summed E-state index contributed by atoms with van der Waals surface area (Å²) in [5.74, 6) is -0.974. The van der Waals surface area contributed by atoms with Gasteiger partial charge in [0.2, 0.25) is 5.91 Å². The van der Waals surface area contributed by atoms with Crippen LogP contribution in [0.25, 0.3) is 11.0 Å². The number of rotatable bonds is 14. The van der Waals surface area contributed by atoms with Crippen LogP contribution in [0, 0.1) is 5.92 Å². The van der Waals surface area contributed by atoms with Gasteiger partial charge < -0.3 is 29.1 Å². The molecule has 0 aliphatic heterocycles. The standard InChI is InChI=1S/C29H36N5O10P/c1-19(2)26(36)30-15-7-10-24(35)25-27(32-23-9-6-5-8-22(23)31-25)43-29(38)34(4)17-16-33(3)28(37)42-18-20-11-13-21(14-12-20)44-45(39,40)41/h5-6,8-9,11-14,19H,7,10,15-18H2,1-4H3,(H,30,36)(H2,39,40,41). The number of hydrogen-bond donors (Lipinski definition) is 3. The molecule has 0 unspecified atom stereocenters. The lowest BCUT2D eigenvalue weighted by Crippen LogP contribution is -2.39. The summed E-state index contributed by atoms with van der Waals surface area (Å²) in [5, 5.41) is 2.75. The van der Waals surface area contributed by atoms with Gasteiger partial charge in [0, 0.05) is 46.1 Å². The van der Waals surface area contributed by atoms with E-state index in [1.165, 1.54) is 48.2 Å². The number of phosphoric ester groups is 1. The second kappa shape index (κ2) is 15.9. The van der Waals surface area contributed by atoms with Crippen molar-refractivity contribution < 1.29 is 47.5 Å². The van der Waals surface area contributed by atoms with E-state index >= 15 is 0 Å². The van der Waals surface area contributed by atoms with Crippen LogP contribution in [0.1, 0.15) is 42.7 Å². The summed E-state index contributed by atoms with van der Waals surface area (Å²) < 4.78 is 26.1. The second-order valence-corrected chi connectivity index (χ2v) is 11.5. The fourth-order valence-corrected chi connectivity index (χ4v) is 4.10. The lowest BCUT2D eigenvalue weighted by atomic mass is 10.1. The van der Waals surface area contributed by atoms with E-state index in [0.29, 0.717) is 29.6 Å². The molecule has 3 amide bonds. The van der Waals surface area contributed by atoms with E-state index in [1.54, 1.807) is 38.1 Å². The molecule has 45 heavy (non-hydrogen) atoms. The average molecular weight is 646 g/mol. The van der Waals surface area contributed by atoms with Gasteiger partial charge in [-0.15, -0.1) is 0 Å². The van der Waals surface area contributed by atoms with E-state index in [4.69, 9.17) is 19.3 Å². The van der Waals surface area contributed by atoms with Gasteiger partial charge in [0.25, 0.3) is 5.88 Å². The number of ether oxygens (including phenoxy) is 2. The Morgan fingerprint density at radius 2 is 1.51 bits per heavy atom. The van der Waals surface area contributed by atoms with Gasteiger partial charge in [-0.25, -0.2) is 24.1 Å². The number of aromatic nitrogens is 2. The molecule has 3 aromatic rings. The Balaban J connectivity index is 1.55. The fourth-order valence-electron chi connectivity index (χ4n) is 3.70. The molecule has 0 atom stereocenters. The Morgan fingerprint density at radius 3 is 2.11 bits per heavy atom. The number of nitrogens with zero attached hydrogens (tertiary/aromatic N) is 4. The maximum atomic E-state index is 13.0. The number of amides is 3. The molecule has 3 N–H and O–H groups in total. The Bertz CT molecular complexity index is 1560. The third kappa shape index (κ3) is 11.1. The average Bonchev–Trinajstić information content (AvgIpc) is 2.99. The van der Waals surface area contributed by atoms with Gasteiger partial charge in [-0.05, 0) is 36.2 Å². The normalized spacial score (nSPS) is 11.2. The topological polar surface area (TPSA) is 198 Å². The first-order chi connectivity index (χ1) is 21.2. The van der Waals surface area contributed by atoms with E-state index < -0.39 is 25.8 Å². The first-order valence-corrected chi connectivity index (χ1v) is 15.5. The zero-order valence-electron chi connectivity index (χ0n) is 25.3. The number of carbonyl (C=O) groups excluding carboxylic acids is 4. The first kappa shape index (κ1) is 34.9. The van der Waals surface area contributed by atoms with Gasteiger partial charge in [0.05, 0.1) is 11.0 Å². The maximum Gasteiger partial charge on any atom is 0.524 e. The van der Waals surface area contributed by atoms with Gasteiger partial charge in [-0.1, -0.05) is 38.1 Å². The Labute approximate surface area is 259 Å². The highest BCUT2D eigenvalue weighted by Gasteiger charge is 2.23. The van der Waals surface area contributed by atoms with Gasteiger partial charge in [-0.3, -0.25) is 19.4 Å². The van der Waals surface area contributed by atoms with Gasteiger partial charge in [0.15, 0.2) is 11.5 Å². The number of nitrogens with one attached hydrogen (secondary N) is 1. The molecule has 242 valence electrons. The number of ketones is 1. The number of fused-ring (bicyclic) bond motifs is 1. The van der Waals surface area contributed by atoms with Crippen LogP contribution in [0.3, 0.4) is 0 Å². The predicted molar refractivity (Wildman–Crippen MR) is 162 cm³/mol. The summed E-state index contributed by atoms with van der Waals surface area (Å²) in [5.41, 5.74) is 1.33. The number of phosphoric acid groups is 1. The minimum absolute atomic E-state index is 0.0382. The van der Waals surface area contributed by atoms with Crippen molar-refractivity contribution in [3.8, 4) is 11.6 Å². The number of carbonyl (C=O) groups is 4. The number of Topliss-reactive ketones (excluding diaryl/α,β-unsaturated/α-hetero) is 1. The van der Waals surface area contributed by atoms with Crippen LogP contribution in [0.15, 0.2) is 48.5 Å². The van der Waals surface area contributed by atoms with Crippen molar-refractivity contribution in [3.05, 3.63) is 59.8 Å². The summed E-state index contributed by atoms with van der Waals surface area (Å²) in [7, 11) is -1.75. The minimum atomic E-state index is -4.68. The van der Waals surface area contributed by atoms with Crippen LogP contribution >= 0.6 is 7.82 Å². The van der Waals surface area contributed by atoms with Crippen LogP contribution in [0.5, 0.6) is 11.6 Å². The van der Waals surface area contributed by atoms with E-state index in [1.807, 2.05) is 0 Å². The highest BCUT2D eigenvalue weighted by atomic mass is 31.2. The molecule has 0 aliphatic carbocycles. The second-order valence-electron chi connectivity index (χ2n) is 10.3. The molecule has 0 aliphatic rings. The molecule has 0 fully saturated rings. The molecule has 0 saturated heterocycles. The molecule has 2 aromatic carbocycles. The fraction of sp³-hybridized carbons (Fsp3) is 0.379. The van der Waals surface area contributed by atoms with Crippen molar-refractivity contribution >= 4 is 42.7 Å². The van der Waals surface area contributed by atoms with Crippen LogP contribution < -0.4 is 14.6 Å². The molecule has 3 rings (SSSR count). The molecule has 16 heteroatoms. The summed E-state index contributed by atoms with van der Waals surface area (Å²) in [4.78, 5) is 79.1. The molecular formula is C29H36N5O10P. The smallest absolute Gasteiger partial charge is 0.445 e. The highest BCUT2D eigenvalue weighted by Crippen LogP contribution is 2.37. The number of likely N-dealkylation sites (N-methyl/N-ethyl adjacent to an activating group) is 2. The molecule has 0 radical (unpaired) electrons. The van der Waals surface area contributed by atoms with Crippen molar-refractivity contribution in [1.29, 1.82) is 0 Å². The van der Waals surface area contributed by atoms with Gasteiger partial charge >= 0.3 is 20.0 Å².